The molecule has 0 fully saturated rings. The predicted octanol–water partition coefficient (Wildman–Crippen LogP) is 1.57. The van der Waals surface area contributed by atoms with Gasteiger partial charge in [-0.25, -0.2) is 0 Å². The van der Waals surface area contributed by atoms with E-state index in [9.17, 15) is 9.59 Å². The number of benzene rings is 1. The van der Waals surface area contributed by atoms with Crippen molar-refractivity contribution >= 4 is 11.8 Å². The standard InChI is InChI=1S/C15H22N2O3/c1-5-20-14-9-10(2)13(8-11(14)3)15(19)17-7-6-16-12(4)18/h8-9H,5-7H2,1-4H3,(H,16,18)(H,17,19). The first-order chi connectivity index (χ1) is 9.45. The zero-order valence-electron chi connectivity index (χ0n) is 12.5. The minimum Gasteiger partial charge on any atom is -0.494 e. The van der Waals surface area contributed by atoms with Crippen molar-refractivity contribution in [2.24, 2.45) is 0 Å². The second-order valence-corrected chi connectivity index (χ2v) is 4.60. The van der Waals surface area contributed by atoms with Crippen molar-refractivity contribution in [2.45, 2.75) is 27.7 Å². The number of ether oxygens (including phenoxy) is 1. The highest BCUT2D eigenvalue weighted by Gasteiger charge is 2.11. The lowest BCUT2D eigenvalue weighted by atomic mass is 10.0. The number of nitrogens with one attached hydrogen (secondary N) is 2. The topological polar surface area (TPSA) is 67.4 Å². The van der Waals surface area contributed by atoms with Crippen LogP contribution in [0.1, 0.15) is 35.3 Å². The van der Waals surface area contributed by atoms with E-state index in [4.69, 9.17) is 4.74 Å². The first-order valence-corrected chi connectivity index (χ1v) is 6.72. The Labute approximate surface area is 119 Å². The van der Waals surface area contributed by atoms with Gasteiger partial charge in [0.1, 0.15) is 5.75 Å². The van der Waals surface area contributed by atoms with Crippen molar-refractivity contribution in [3.05, 3.63) is 28.8 Å². The van der Waals surface area contributed by atoms with E-state index in [-0.39, 0.29) is 11.8 Å². The highest BCUT2D eigenvalue weighted by molar-refractivity contribution is 5.96. The highest BCUT2D eigenvalue weighted by Crippen LogP contribution is 2.22. The van der Waals surface area contributed by atoms with Gasteiger partial charge in [0.25, 0.3) is 5.91 Å². The molecule has 0 aliphatic rings. The van der Waals surface area contributed by atoms with Crippen molar-refractivity contribution < 1.29 is 14.3 Å². The van der Waals surface area contributed by atoms with Crippen LogP contribution in [-0.2, 0) is 4.79 Å². The van der Waals surface area contributed by atoms with E-state index in [1.165, 1.54) is 6.92 Å². The predicted molar refractivity (Wildman–Crippen MR) is 78.1 cm³/mol. The van der Waals surface area contributed by atoms with E-state index in [0.29, 0.717) is 25.3 Å². The summed E-state index contributed by atoms with van der Waals surface area (Å²) in [6, 6.07) is 3.70. The van der Waals surface area contributed by atoms with Crippen LogP contribution < -0.4 is 15.4 Å². The maximum atomic E-state index is 12.1. The average Bonchev–Trinajstić information content (AvgIpc) is 2.38. The van der Waals surface area contributed by atoms with Gasteiger partial charge in [0, 0.05) is 25.6 Å². The third kappa shape index (κ3) is 4.57. The van der Waals surface area contributed by atoms with Crippen LogP contribution in [0, 0.1) is 13.8 Å². The largest absolute Gasteiger partial charge is 0.494 e. The van der Waals surface area contributed by atoms with E-state index >= 15 is 0 Å². The van der Waals surface area contributed by atoms with Crippen molar-refractivity contribution in [1.82, 2.24) is 10.6 Å². The number of amides is 2. The molecule has 5 nitrogen and oxygen atoms in total. The molecule has 1 aromatic rings. The Hall–Kier alpha value is -2.04. The average molecular weight is 278 g/mol. The van der Waals surface area contributed by atoms with Crippen LogP contribution in [0.15, 0.2) is 12.1 Å². The van der Waals surface area contributed by atoms with E-state index in [0.717, 1.165) is 16.9 Å². The van der Waals surface area contributed by atoms with Gasteiger partial charge in [-0.3, -0.25) is 9.59 Å². The molecule has 2 N–H and O–H groups in total. The van der Waals surface area contributed by atoms with Gasteiger partial charge in [0.15, 0.2) is 0 Å². The molecule has 0 atom stereocenters. The lowest BCUT2D eigenvalue weighted by Crippen LogP contribution is -2.33. The zero-order chi connectivity index (χ0) is 15.1. The Bertz CT molecular complexity index is 498. The van der Waals surface area contributed by atoms with Crippen LogP contribution in [0.3, 0.4) is 0 Å². The molecule has 0 saturated heterocycles. The first-order valence-electron chi connectivity index (χ1n) is 6.72. The lowest BCUT2D eigenvalue weighted by molar-refractivity contribution is -0.118. The zero-order valence-corrected chi connectivity index (χ0v) is 12.5. The SMILES string of the molecule is CCOc1cc(C)c(C(=O)NCCNC(C)=O)cc1C. The Balaban J connectivity index is 2.68. The molecule has 1 rings (SSSR count). The number of aryl methyl sites for hydroxylation is 2. The van der Waals surface area contributed by atoms with Crippen LogP contribution in [0.5, 0.6) is 5.75 Å². The molecule has 0 aromatic heterocycles. The monoisotopic (exact) mass is 278 g/mol. The molecule has 0 radical (unpaired) electrons. The summed E-state index contributed by atoms with van der Waals surface area (Å²) >= 11 is 0. The summed E-state index contributed by atoms with van der Waals surface area (Å²) in [5.41, 5.74) is 2.44. The molecule has 0 aliphatic heterocycles. The molecule has 0 unspecified atom stereocenters. The van der Waals surface area contributed by atoms with E-state index in [2.05, 4.69) is 10.6 Å². The third-order valence-electron chi connectivity index (χ3n) is 2.85. The summed E-state index contributed by atoms with van der Waals surface area (Å²) in [5.74, 6) is 0.561. The fourth-order valence-electron chi connectivity index (χ4n) is 1.86. The summed E-state index contributed by atoms with van der Waals surface area (Å²) < 4.78 is 5.50. The normalized spacial score (nSPS) is 10.0. The van der Waals surface area contributed by atoms with Gasteiger partial charge in [-0.15, -0.1) is 0 Å². The molecule has 0 aliphatic carbocycles. The number of carbonyl (C=O) groups excluding carboxylic acids is 2. The van der Waals surface area contributed by atoms with Crippen LogP contribution in [-0.4, -0.2) is 31.5 Å². The Morgan fingerprint density at radius 3 is 2.35 bits per heavy atom. The van der Waals surface area contributed by atoms with Crippen molar-refractivity contribution in [1.29, 1.82) is 0 Å². The molecule has 2 amide bonds. The van der Waals surface area contributed by atoms with Gasteiger partial charge >= 0.3 is 0 Å². The highest BCUT2D eigenvalue weighted by atomic mass is 16.5. The van der Waals surface area contributed by atoms with Gasteiger partial charge in [-0.1, -0.05) is 0 Å². The quantitative estimate of drug-likeness (QED) is 0.776. The molecule has 1 aromatic carbocycles. The smallest absolute Gasteiger partial charge is 0.251 e. The van der Waals surface area contributed by atoms with Gasteiger partial charge < -0.3 is 15.4 Å². The fraction of sp³-hybridized carbons (Fsp3) is 0.467. The Morgan fingerprint density at radius 1 is 1.10 bits per heavy atom. The molecule has 20 heavy (non-hydrogen) atoms. The summed E-state index contributed by atoms with van der Waals surface area (Å²) in [6.45, 7) is 8.60. The van der Waals surface area contributed by atoms with Crippen molar-refractivity contribution in [3.8, 4) is 5.75 Å². The molecule has 0 bridgehead atoms. The number of hydrogen-bond acceptors (Lipinski definition) is 3. The minimum absolute atomic E-state index is 0.104. The maximum absolute atomic E-state index is 12.1. The molecule has 110 valence electrons. The van der Waals surface area contributed by atoms with Crippen molar-refractivity contribution in [2.75, 3.05) is 19.7 Å². The molecular formula is C15H22N2O3. The summed E-state index contributed by atoms with van der Waals surface area (Å²) in [5, 5.41) is 5.41. The van der Waals surface area contributed by atoms with Gasteiger partial charge in [0.05, 0.1) is 6.61 Å². The first kappa shape index (κ1) is 16.0. The van der Waals surface area contributed by atoms with Crippen molar-refractivity contribution in [3.63, 3.8) is 0 Å². The van der Waals surface area contributed by atoms with Crippen LogP contribution in [0.25, 0.3) is 0 Å². The minimum atomic E-state index is -0.140. The molecule has 0 heterocycles. The molecular weight excluding hydrogens is 256 g/mol. The van der Waals surface area contributed by atoms with Crippen LogP contribution >= 0.6 is 0 Å². The van der Waals surface area contributed by atoms with Gasteiger partial charge in [-0.2, -0.15) is 0 Å². The van der Waals surface area contributed by atoms with E-state index < -0.39 is 0 Å². The van der Waals surface area contributed by atoms with E-state index in [1.54, 1.807) is 0 Å². The van der Waals surface area contributed by atoms with Crippen LogP contribution in [0.4, 0.5) is 0 Å². The van der Waals surface area contributed by atoms with Gasteiger partial charge in [0.2, 0.25) is 5.91 Å². The number of rotatable bonds is 6. The summed E-state index contributed by atoms with van der Waals surface area (Å²) in [7, 11) is 0. The number of hydrogen-bond donors (Lipinski definition) is 2. The lowest BCUT2D eigenvalue weighted by Gasteiger charge is -2.12. The number of carbonyl (C=O) groups is 2. The molecule has 5 heteroatoms. The Morgan fingerprint density at radius 2 is 1.75 bits per heavy atom. The van der Waals surface area contributed by atoms with Crippen LogP contribution in [0.2, 0.25) is 0 Å². The maximum Gasteiger partial charge on any atom is 0.251 e. The second kappa shape index (κ2) is 7.53. The fourth-order valence-corrected chi connectivity index (χ4v) is 1.86. The Kier molecular flexibility index (Phi) is 6.03. The van der Waals surface area contributed by atoms with Gasteiger partial charge in [-0.05, 0) is 44.0 Å². The summed E-state index contributed by atoms with van der Waals surface area (Å²) in [4.78, 5) is 22.8. The second-order valence-electron chi connectivity index (χ2n) is 4.60. The summed E-state index contributed by atoms with van der Waals surface area (Å²) in [6.07, 6.45) is 0. The molecule has 0 saturated carbocycles. The molecule has 0 spiro atoms. The third-order valence-corrected chi connectivity index (χ3v) is 2.85. The van der Waals surface area contributed by atoms with E-state index in [1.807, 2.05) is 32.9 Å².